The van der Waals surface area contributed by atoms with Gasteiger partial charge in [0.1, 0.15) is 17.3 Å². The van der Waals surface area contributed by atoms with E-state index in [1.807, 2.05) is 0 Å². The van der Waals surface area contributed by atoms with Crippen LogP contribution in [0.4, 0.5) is 24.7 Å². The Morgan fingerprint density at radius 2 is 1.57 bits per heavy atom. The second-order valence-electron chi connectivity index (χ2n) is 9.61. The number of piperazine rings is 1. The van der Waals surface area contributed by atoms with Crippen LogP contribution in [0.2, 0.25) is 15.1 Å². The summed E-state index contributed by atoms with van der Waals surface area (Å²) in [6.45, 7) is 0.801. The number of ether oxygens (including phenoxy) is 1. The second kappa shape index (κ2) is 12.7. The van der Waals surface area contributed by atoms with Gasteiger partial charge in [-0.05, 0) is 60.7 Å². The lowest BCUT2D eigenvalue weighted by atomic mass is 10.1. The lowest BCUT2D eigenvalue weighted by Crippen LogP contribution is -2.49. The maximum absolute atomic E-state index is 13.5. The fourth-order valence-corrected chi connectivity index (χ4v) is 6.15. The summed E-state index contributed by atoms with van der Waals surface area (Å²) < 4.78 is 73.6. The highest BCUT2D eigenvalue weighted by atomic mass is 35.5. The smallest absolute Gasteiger partial charge is 0.417 e. The number of nitrogens with one attached hydrogen (secondary N) is 1. The molecule has 1 aliphatic rings. The molecule has 0 atom stereocenters. The molecule has 1 amide bonds. The predicted molar refractivity (Wildman–Crippen MR) is 163 cm³/mol. The van der Waals surface area contributed by atoms with Crippen LogP contribution in [0.5, 0.6) is 11.5 Å². The third kappa shape index (κ3) is 7.15. The van der Waals surface area contributed by atoms with Gasteiger partial charge in [0.2, 0.25) is 0 Å². The number of carbonyl (C=O) groups excluding carboxylic acids is 1. The quantitative estimate of drug-likeness (QED) is 0.215. The predicted octanol–water partition coefficient (Wildman–Crippen LogP) is 7.62. The summed E-state index contributed by atoms with van der Waals surface area (Å²) >= 11 is 18.4. The van der Waals surface area contributed by atoms with Crippen molar-refractivity contribution < 1.29 is 31.1 Å². The van der Waals surface area contributed by atoms with Gasteiger partial charge < -0.3 is 14.5 Å². The molecule has 1 aromatic heterocycles. The Balaban J connectivity index is 1.28. The summed E-state index contributed by atoms with van der Waals surface area (Å²) in [5.74, 6) is 0.462. The van der Waals surface area contributed by atoms with Crippen LogP contribution >= 0.6 is 34.8 Å². The van der Waals surface area contributed by atoms with Crippen LogP contribution in [-0.4, -0.2) is 50.4 Å². The second-order valence-corrected chi connectivity index (χ2v) is 12.5. The van der Waals surface area contributed by atoms with E-state index in [1.165, 1.54) is 47.4 Å². The van der Waals surface area contributed by atoms with Crippen LogP contribution in [0.3, 0.4) is 0 Å². The number of para-hydroxylation sites is 1. The Morgan fingerprint density at radius 1 is 0.886 bits per heavy atom. The highest BCUT2D eigenvalue weighted by molar-refractivity contribution is 7.92. The number of pyridine rings is 1. The summed E-state index contributed by atoms with van der Waals surface area (Å²) in [4.78, 5) is 20.5. The zero-order chi connectivity index (χ0) is 31.6. The molecule has 2 heterocycles. The normalized spacial score (nSPS) is 14.0. The standard InChI is InChI=1S/C29H22Cl3F3N4O4S/c30-19-5-10-25(37-44(41,42)21-8-6-20(7-9-21)43-26-4-2-1-3-23(26)31)22(16-19)28(40)39-13-11-38(12-14-39)27-24(32)15-18(17-36-27)29(33,34)35/h1-10,15-17,37H,11-14H2. The molecule has 4 aromatic rings. The molecule has 1 fully saturated rings. The molecule has 0 bridgehead atoms. The number of benzene rings is 3. The maximum atomic E-state index is 13.5. The molecule has 1 saturated heterocycles. The van der Waals surface area contributed by atoms with Crippen molar-refractivity contribution >= 4 is 62.2 Å². The molecule has 1 aliphatic heterocycles. The molecule has 0 saturated carbocycles. The van der Waals surface area contributed by atoms with Crippen molar-refractivity contribution in [1.29, 1.82) is 0 Å². The number of carbonyl (C=O) groups is 1. The molecule has 0 spiro atoms. The number of anilines is 2. The van der Waals surface area contributed by atoms with Gasteiger partial charge >= 0.3 is 6.18 Å². The van der Waals surface area contributed by atoms with Gasteiger partial charge in [0.05, 0.1) is 31.8 Å². The van der Waals surface area contributed by atoms with Crippen LogP contribution in [-0.2, 0) is 16.2 Å². The molecular weight excluding hydrogens is 664 g/mol. The van der Waals surface area contributed by atoms with Crippen LogP contribution < -0.4 is 14.4 Å². The summed E-state index contributed by atoms with van der Waals surface area (Å²) in [6.07, 6.45) is -3.87. The average molecular weight is 686 g/mol. The first-order valence-corrected chi connectivity index (χ1v) is 15.6. The van der Waals surface area contributed by atoms with Crippen LogP contribution in [0.1, 0.15) is 15.9 Å². The maximum Gasteiger partial charge on any atom is 0.417 e. The molecule has 0 unspecified atom stereocenters. The molecule has 0 radical (unpaired) electrons. The Bertz CT molecular complexity index is 1800. The molecule has 230 valence electrons. The van der Waals surface area contributed by atoms with Gasteiger partial charge in [-0.25, -0.2) is 13.4 Å². The molecule has 44 heavy (non-hydrogen) atoms. The summed E-state index contributed by atoms with van der Waals surface area (Å²) in [7, 11) is -4.13. The van der Waals surface area contributed by atoms with E-state index < -0.39 is 27.7 Å². The van der Waals surface area contributed by atoms with E-state index in [-0.39, 0.29) is 58.2 Å². The van der Waals surface area contributed by atoms with Crippen molar-refractivity contribution in [3.05, 3.63) is 105 Å². The molecule has 8 nitrogen and oxygen atoms in total. The minimum Gasteiger partial charge on any atom is -0.456 e. The highest BCUT2D eigenvalue weighted by Crippen LogP contribution is 2.34. The van der Waals surface area contributed by atoms with E-state index >= 15 is 0 Å². The van der Waals surface area contributed by atoms with Gasteiger partial charge in [-0.3, -0.25) is 9.52 Å². The van der Waals surface area contributed by atoms with Gasteiger partial charge in [0, 0.05) is 37.4 Å². The fraction of sp³-hybridized carbons (Fsp3) is 0.172. The number of hydrogen-bond donors (Lipinski definition) is 1. The number of aromatic nitrogens is 1. The number of nitrogens with zero attached hydrogens (tertiary/aromatic N) is 3. The number of halogens is 6. The number of amides is 1. The summed E-state index contributed by atoms with van der Waals surface area (Å²) in [5.41, 5.74) is -0.915. The Morgan fingerprint density at radius 3 is 2.20 bits per heavy atom. The largest absolute Gasteiger partial charge is 0.456 e. The number of alkyl halides is 3. The van der Waals surface area contributed by atoms with Crippen LogP contribution in [0.25, 0.3) is 0 Å². The van der Waals surface area contributed by atoms with E-state index in [0.29, 0.717) is 22.7 Å². The SMILES string of the molecule is O=C(c1cc(Cl)ccc1NS(=O)(=O)c1ccc(Oc2ccccc2Cl)cc1)N1CCN(c2ncc(C(F)(F)F)cc2Cl)CC1. The van der Waals surface area contributed by atoms with Crippen LogP contribution in [0, 0.1) is 0 Å². The summed E-state index contributed by atoms with van der Waals surface area (Å²) in [5, 5.41) is 0.457. The third-order valence-electron chi connectivity index (χ3n) is 6.67. The van der Waals surface area contributed by atoms with E-state index in [4.69, 9.17) is 39.5 Å². The molecule has 5 rings (SSSR count). The number of sulfonamides is 1. The van der Waals surface area contributed by atoms with E-state index in [0.717, 1.165) is 6.07 Å². The highest BCUT2D eigenvalue weighted by Gasteiger charge is 2.33. The lowest BCUT2D eigenvalue weighted by Gasteiger charge is -2.36. The first-order valence-electron chi connectivity index (χ1n) is 12.9. The minimum absolute atomic E-state index is 0.0191. The van der Waals surface area contributed by atoms with Crippen molar-refractivity contribution in [2.24, 2.45) is 0 Å². The molecule has 3 aromatic carbocycles. The Kier molecular flexibility index (Phi) is 9.17. The van der Waals surface area contributed by atoms with Crippen molar-refractivity contribution in [3.63, 3.8) is 0 Å². The summed E-state index contributed by atoms with van der Waals surface area (Å²) in [6, 6.07) is 17.5. The van der Waals surface area contributed by atoms with Crippen molar-refractivity contribution in [2.75, 3.05) is 35.8 Å². The zero-order valence-electron chi connectivity index (χ0n) is 22.5. The van der Waals surface area contributed by atoms with E-state index in [2.05, 4.69) is 9.71 Å². The van der Waals surface area contributed by atoms with E-state index in [9.17, 15) is 26.4 Å². The Hall–Kier alpha value is -3.71. The Labute approximate surface area is 266 Å². The van der Waals surface area contributed by atoms with Gasteiger partial charge in [0.25, 0.3) is 15.9 Å². The third-order valence-corrected chi connectivity index (χ3v) is 8.88. The van der Waals surface area contributed by atoms with Crippen molar-refractivity contribution in [3.8, 4) is 11.5 Å². The zero-order valence-corrected chi connectivity index (χ0v) is 25.6. The molecule has 1 N–H and O–H groups in total. The number of hydrogen-bond acceptors (Lipinski definition) is 6. The first kappa shape index (κ1) is 31.7. The number of rotatable bonds is 7. The van der Waals surface area contributed by atoms with Crippen LogP contribution in [0.15, 0.2) is 83.9 Å². The van der Waals surface area contributed by atoms with Crippen molar-refractivity contribution in [2.45, 2.75) is 11.1 Å². The average Bonchev–Trinajstić information content (AvgIpc) is 2.99. The molecular formula is C29H22Cl3F3N4O4S. The van der Waals surface area contributed by atoms with Gasteiger partial charge in [-0.15, -0.1) is 0 Å². The molecule has 0 aliphatic carbocycles. The van der Waals surface area contributed by atoms with Gasteiger partial charge in [0.15, 0.2) is 0 Å². The first-order chi connectivity index (χ1) is 20.8. The van der Waals surface area contributed by atoms with Gasteiger partial charge in [-0.2, -0.15) is 13.2 Å². The van der Waals surface area contributed by atoms with Gasteiger partial charge in [-0.1, -0.05) is 46.9 Å². The minimum atomic E-state index is -4.58. The fourth-order valence-electron chi connectivity index (χ4n) is 4.44. The van der Waals surface area contributed by atoms with E-state index in [1.54, 1.807) is 29.2 Å². The van der Waals surface area contributed by atoms with Crippen molar-refractivity contribution in [1.82, 2.24) is 9.88 Å². The molecule has 15 heteroatoms. The topological polar surface area (TPSA) is 91.8 Å². The lowest BCUT2D eigenvalue weighted by molar-refractivity contribution is -0.137. The monoisotopic (exact) mass is 684 g/mol.